The second-order valence-corrected chi connectivity index (χ2v) is 6.59. The summed E-state index contributed by atoms with van der Waals surface area (Å²) in [4.78, 5) is 39.0. The highest BCUT2D eigenvalue weighted by Gasteiger charge is 2.22. The van der Waals surface area contributed by atoms with Crippen LogP contribution in [-0.4, -0.2) is 34.3 Å². The summed E-state index contributed by atoms with van der Waals surface area (Å²) in [5.74, 6) is -1.10. The number of rotatable bonds is 5. The van der Waals surface area contributed by atoms with Crippen LogP contribution in [0.15, 0.2) is 59.4 Å². The van der Waals surface area contributed by atoms with Gasteiger partial charge in [0.1, 0.15) is 0 Å². The monoisotopic (exact) mass is 379 g/mol. The maximum Gasteiger partial charge on any atom is 0.359 e. The van der Waals surface area contributed by atoms with E-state index in [0.717, 1.165) is 10.4 Å². The molecule has 0 saturated carbocycles. The van der Waals surface area contributed by atoms with Gasteiger partial charge in [-0.1, -0.05) is 36.4 Å². The summed E-state index contributed by atoms with van der Waals surface area (Å²) in [5, 5.41) is 4.78. The minimum absolute atomic E-state index is 0.00121. The summed E-state index contributed by atoms with van der Waals surface area (Å²) in [6.07, 6.45) is 0. The van der Waals surface area contributed by atoms with E-state index in [4.69, 9.17) is 4.74 Å². The van der Waals surface area contributed by atoms with Crippen LogP contribution in [-0.2, 0) is 16.6 Å². The molecule has 2 aromatic carbocycles. The SMILES string of the molecule is CC(C)N(C(=O)COC(=O)c1nn(C)c(=O)c2ccccc12)c1ccccc1. The summed E-state index contributed by atoms with van der Waals surface area (Å²) in [6.45, 7) is 3.34. The van der Waals surface area contributed by atoms with Gasteiger partial charge in [-0.15, -0.1) is 0 Å². The van der Waals surface area contributed by atoms with Crippen LogP contribution in [0.1, 0.15) is 24.3 Å². The third-order valence-corrected chi connectivity index (χ3v) is 4.30. The Bertz CT molecular complexity index is 1070. The molecular weight excluding hydrogens is 358 g/mol. The lowest BCUT2D eigenvalue weighted by Crippen LogP contribution is -2.40. The number of carbonyl (C=O) groups excluding carboxylic acids is 2. The van der Waals surface area contributed by atoms with Crippen molar-refractivity contribution in [1.29, 1.82) is 0 Å². The Morgan fingerprint density at radius 1 is 1.04 bits per heavy atom. The number of aromatic nitrogens is 2. The first-order valence-electron chi connectivity index (χ1n) is 8.90. The second kappa shape index (κ2) is 8.04. The third kappa shape index (κ3) is 3.78. The van der Waals surface area contributed by atoms with Gasteiger partial charge in [-0.3, -0.25) is 9.59 Å². The molecule has 1 heterocycles. The normalized spacial score (nSPS) is 10.9. The molecule has 0 N–H and O–H groups in total. The van der Waals surface area contributed by atoms with Gasteiger partial charge in [-0.25, -0.2) is 9.48 Å². The van der Waals surface area contributed by atoms with Crippen LogP contribution < -0.4 is 10.5 Å². The van der Waals surface area contributed by atoms with E-state index in [2.05, 4.69) is 5.10 Å². The molecule has 28 heavy (non-hydrogen) atoms. The molecule has 3 aromatic rings. The van der Waals surface area contributed by atoms with E-state index in [9.17, 15) is 14.4 Å². The lowest BCUT2D eigenvalue weighted by molar-refractivity contribution is -0.122. The smallest absolute Gasteiger partial charge is 0.359 e. The van der Waals surface area contributed by atoms with Crippen molar-refractivity contribution in [2.24, 2.45) is 7.05 Å². The molecule has 0 aliphatic heterocycles. The largest absolute Gasteiger partial charge is 0.451 e. The first kappa shape index (κ1) is 19.3. The zero-order valence-corrected chi connectivity index (χ0v) is 16.0. The second-order valence-electron chi connectivity index (χ2n) is 6.59. The van der Waals surface area contributed by atoms with E-state index in [1.54, 1.807) is 29.2 Å². The average molecular weight is 379 g/mol. The molecule has 0 bridgehead atoms. The molecule has 0 aliphatic carbocycles. The predicted molar refractivity (Wildman–Crippen MR) is 106 cm³/mol. The van der Waals surface area contributed by atoms with E-state index in [0.29, 0.717) is 10.8 Å². The number of ether oxygens (including phenoxy) is 1. The van der Waals surface area contributed by atoms with Gasteiger partial charge in [-0.05, 0) is 32.0 Å². The quantitative estimate of drug-likeness (QED) is 0.637. The van der Waals surface area contributed by atoms with Crippen LogP contribution in [0.4, 0.5) is 5.69 Å². The lowest BCUT2D eigenvalue weighted by atomic mass is 10.1. The molecule has 144 valence electrons. The number of hydrogen-bond acceptors (Lipinski definition) is 5. The fraction of sp³-hybridized carbons (Fsp3) is 0.238. The van der Waals surface area contributed by atoms with Crippen LogP contribution in [0, 0.1) is 0 Å². The number of esters is 1. The molecule has 3 rings (SSSR count). The van der Waals surface area contributed by atoms with Crippen LogP contribution in [0.25, 0.3) is 10.8 Å². The molecule has 0 fully saturated rings. The summed E-state index contributed by atoms with van der Waals surface area (Å²) < 4.78 is 6.33. The molecule has 0 atom stereocenters. The molecule has 1 amide bonds. The van der Waals surface area contributed by atoms with E-state index in [1.807, 2.05) is 44.2 Å². The van der Waals surface area contributed by atoms with Gasteiger partial charge in [0.15, 0.2) is 12.3 Å². The van der Waals surface area contributed by atoms with Crippen molar-refractivity contribution in [2.45, 2.75) is 19.9 Å². The molecule has 0 aliphatic rings. The van der Waals surface area contributed by atoms with Crippen LogP contribution >= 0.6 is 0 Å². The molecule has 7 nitrogen and oxygen atoms in total. The van der Waals surface area contributed by atoms with Crippen molar-refractivity contribution in [3.8, 4) is 0 Å². The van der Waals surface area contributed by atoms with Gasteiger partial charge in [0.05, 0.1) is 5.39 Å². The van der Waals surface area contributed by atoms with E-state index in [-0.39, 0.29) is 23.2 Å². The Morgan fingerprint density at radius 2 is 1.64 bits per heavy atom. The number of amides is 1. The zero-order chi connectivity index (χ0) is 20.3. The average Bonchev–Trinajstić information content (AvgIpc) is 2.69. The van der Waals surface area contributed by atoms with Gasteiger partial charge in [-0.2, -0.15) is 5.10 Å². The van der Waals surface area contributed by atoms with Crippen LogP contribution in [0.5, 0.6) is 0 Å². The molecular formula is C21H21N3O4. The minimum atomic E-state index is -0.753. The third-order valence-electron chi connectivity index (χ3n) is 4.30. The van der Waals surface area contributed by atoms with Crippen molar-refractivity contribution in [3.05, 3.63) is 70.6 Å². The number of benzene rings is 2. The maximum atomic E-state index is 12.7. The lowest BCUT2D eigenvalue weighted by Gasteiger charge is -2.26. The Balaban J connectivity index is 1.82. The van der Waals surface area contributed by atoms with Gasteiger partial charge in [0, 0.05) is 24.2 Å². The van der Waals surface area contributed by atoms with Gasteiger partial charge >= 0.3 is 5.97 Å². The maximum absolute atomic E-state index is 12.7. The molecule has 7 heteroatoms. The fourth-order valence-electron chi connectivity index (χ4n) is 3.03. The Morgan fingerprint density at radius 3 is 2.29 bits per heavy atom. The number of anilines is 1. The Kier molecular flexibility index (Phi) is 5.54. The van der Waals surface area contributed by atoms with Gasteiger partial charge in [0.2, 0.25) is 0 Å². The molecule has 0 saturated heterocycles. The van der Waals surface area contributed by atoms with E-state index < -0.39 is 12.6 Å². The first-order chi connectivity index (χ1) is 13.4. The number of hydrogen-bond donors (Lipinski definition) is 0. The highest BCUT2D eigenvalue weighted by molar-refractivity contribution is 6.03. The van der Waals surface area contributed by atoms with Crippen molar-refractivity contribution < 1.29 is 14.3 Å². The molecule has 0 spiro atoms. The number of aryl methyl sites for hydroxylation is 1. The first-order valence-corrected chi connectivity index (χ1v) is 8.90. The van der Waals surface area contributed by atoms with Crippen molar-refractivity contribution in [3.63, 3.8) is 0 Å². The predicted octanol–water partition coefficient (Wildman–Crippen LogP) is 2.53. The summed E-state index contributed by atoms with van der Waals surface area (Å²) >= 11 is 0. The fourth-order valence-corrected chi connectivity index (χ4v) is 3.03. The van der Waals surface area contributed by atoms with Crippen molar-refractivity contribution >= 4 is 28.3 Å². The summed E-state index contributed by atoms with van der Waals surface area (Å²) in [7, 11) is 1.46. The Labute approximate surface area is 162 Å². The molecule has 1 aromatic heterocycles. The van der Waals surface area contributed by atoms with Crippen molar-refractivity contribution in [2.75, 3.05) is 11.5 Å². The number of para-hydroxylation sites is 1. The summed E-state index contributed by atoms with van der Waals surface area (Å²) in [5.41, 5.74) is 0.420. The topological polar surface area (TPSA) is 81.5 Å². The zero-order valence-electron chi connectivity index (χ0n) is 16.0. The summed E-state index contributed by atoms with van der Waals surface area (Å²) in [6, 6.07) is 15.8. The number of fused-ring (bicyclic) bond motifs is 1. The van der Waals surface area contributed by atoms with Gasteiger partial charge < -0.3 is 9.64 Å². The Hall–Kier alpha value is -3.48. The van der Waals surface area contributed by atoms with Crippen LogP contribution in [0.2, 0.25) is 0 Å². The van der Waals surface area contributed by atoms with Crippen LogP contribution in [0.3, 0.4) is 0 Å². The highest BCUT2D eigenvalue weighted by atomic mass is 16.5. The number of nitrogens with zero attached hydrogens (tertiary/aromatic N) is 3. The number of carbonyl (C=O) groups is 2. The van der Waals surface area contributed by atoms with E-state index in [1.165, 1.54) is 7.05 Å². The highest BCUT2D eigenvalue weighted by Crippen LogP contribution is 2.18. The standard InChI is InChI=1S/C21H21N3O4/c1-14(2)24(15-9-5-4-6-10-15)18(25)13-28-21(27)19-16-11-7-8-12-17(16)20(26)23(3)22-19/h4-12,14H,13H2,1-3H3. The minimum Gasteiger partial charge on any atom is -0.451 e. The molecule has 0 unspecified atom stereocenters. The van der Waals surface area contributed by atoms with E-state index >= 15 is 0 Å². The molecule has 0 radical (unpaired) electrons. The van der Waals surface area contributed by atoms with Gasteiger partial charge in [0.25, 0.3) is 11.5 Å². The van der Waals surface area contributed by atoms with Crippen molar-refractivity contribution in [1.82, 2.24) is 9.78 Å².